The number of para-hydroxylation sites is 1. The summed E-state index contributed by atoms with van der Waals surface area (Å²) < 4.78 is 5.47. The average Bonchev–Trinajstić information content (AvgIpc) is 3.18. The number of likely N-dealkylation sites (tertiary alicyclic amines) is 1. The summed E-state index contributed by atoms with van der Waals surface area (Å²) in [6.45, 7) is 1.80. The molecule has 0 amide bonds. The van der Waals surface area contributed by atoms with Crippen molar-refractivity contribution in [1.82, 2.24) is 20.0 Å². The van der Waals surface area contributed by atoms with Gasteiger partial charge in [0.25, 0.3) is 5.56 Å². The molecular formula is C19H20N4O2. The van der Waals surface area contributed by atoms with Gasteiger partial charge in [0.05, 0.1) is 23.1 Å². The number of nitrogens with one attached hydrogen (secondary N) is 1. The summed E-state index contributed by atoms with van der Waals surface area (Å²) in [7, 11) is 0. The van der Waals surface area contributed by atoms with Crippen LogP contribution in [0.15, 0.2) is 39.8 Å². The fraction of sp³-hybridized carbons (Fsp3) is 0.421. The van der Waals surface area contributed by atoms with E-state index in [0.717, 1.165) is 43.0 Å². The van der Waals surface area contributed by atoms with E-state index in [2.05, 4.69) is 15.0 Å². The average molecular weight is 336 g/mol. The van der Waals surface area contributed by atoms with Crippen molar-refractivity contribution in [1.29, 1.82) is 0 Å². The minimum Gasteiger partial charge on any atom is -0.361 e. The normalized spacial score (nSPS) is 21.2. The number of H-pyrrole nitrogens is 1. The van der Waals surface area contributed by atoms with Gasteiger partial charge in [-0.25, -0.2) is 4.98 Å². The highest BCUT2D eigenvalue weighted by molar-refractivity contribution is 5.77. The maximum absolute atomic E-state index is 12.4. The lowest BCUT2D eigenvalue weighted by atomic mass is 10.1. The fourth-order valence-electron chi connectivity index (χ4n) is 3.88. The number of hydrogen-bond acceptors (Lipinski definition) is 5. The van der Waals surface area contributed by atoms with Crippen LogP contribution in [-0.2, 0) is 6.54 Å². The quantitative estimate of drug-likeness (QED) is 0.792. The van der Waals surface area contributed by atoms with Gasteiger partial charge in [0.2, 0.25) is 0 Å². The molecule has 6 heteroatoms. The molecule has 2 aromatic heterocycles. The molecule has 1 atom stereocenters. The highest BCUT2D eigenvalue weighted by Gasteiger charge is 2.33. The van der Waals surface area contributed by atoms with Crippen LogP contribution in [0.5, 0.6) is 0 Å². The summed E-state index contributed by atoms with van der Waals surface area (Å²) in [6, 6.07) is 7.64. The van der Waals surface area contributed by atoms with E-state index in [4.69, 9.17) is 9.51 Å². The number of nitrogens with zero attached hydrogens (tertiary/aromatic N) is 3. The number of fused-ring (bicyclic) bond motifs is 1. The topological polar surface area (TPSA) is 75.0 Å². The molecular weight excluding hydrogens is 316 g/mol. The van der Waals surface area contributed by atoms with E-state index in [1.807, 2.05) is 30.5 Å². The third-order valence-corrected chi connectivity index (χ3v) is 5.31. The van der Waals surface area contributed by atoms with Crippen LogP contribution >= 0.6 is 0 Å². The first-order chi connectivity index (χ1) is 12.3. The van der Waals surface area contributed by atoms with Gasteiger partial charge in [0, 0.05) is 18.0 Å². The number of rotatable bonds is 4. The van der Waals surface area contributed by atoms with E-state index >= 15 is 0 Å². The molecule has 1 aliphatic heterocycles. The van der Waals surface area contributed by atoms with Gasteiger partial charge in [0.1, 0.15) is 11.6 Å². The second-order valence-corrected chi connectivity index (χ2v) is 7.09. The summed E-state index contributed by atoms with van der Waals surface area (Å²) >= 11 is 0. The Labute approximate surface area is 144 Å². The second-order valence-electron chi connectivity index (χ2n) is 7.09. The van der Waals surface area contributed by atoms with E-state index < -0.39 is 0 Å². The maximum Gasteiger partial charge on any atom is 0.258 e. The highest BCUT2D eigenvalue weighted by atomic mass is 16.5. The van der Waals surface area contributed by atoms with Crippen molar-refractivity contribution < 1.29 is 4.52 Å². The van der Waals surface area contributed by atoms with Gasteiger partial charge < -0.3 is 9.51 Å². The molecule has 1 unspecified atom stereocenters. The molecule has 3 heterocycles. The van der Waals surface area contributed by atoms with Crippen molar-refractivity contribution in [2.75, 3.05) is 6.54 Å². The van der Waals surface area contributed by atoms with Gasteiger partial charge in [-0.15, -0.1) is 0 Å². The van der Waals surface area contributed by atoms with Crippen molar-refractivity contribution in [3.8, 4) is 0 Å². The lowest BCUT2D eigenvalue weighted by molar-refractivity contribution is 0.238. The zero-order chi connectivity index (χ0) is 16.8. The molecule has 1 saturated heterocycles. The summed E-state index contributed by atoms with van der Waals surface area (Å²) in [5, 5.41) is 4.65. The van der Waals surface area contributed by atoms with E-state index in [0.29, 0.717) is 11.3 Å². The van der Waals surface area contributed by atoms with Crippen molar-refractivity contribution >= 4 is 10.9 Å². The molecule has 1 N–H and O–H groups in total. The largest absolute Gasteiger partial charge is 0.361 e. The molecule has 0 spiro atoms. The van der Waals surface area contributed by atoms with E-state index in [1.165, 1.54) is 18.4 Å². The molecule has 1 aliphatic carbocycles. The van der Waals surface area contributed by atoms with Crippen LogP contribution in [0.3, 0.4) is 0 Å². The smallest absolute Gasteiger partial charge is 0.258 e. The zero-order valence-electron chi connectivity index (χ0n) is 13.9. The van der Waals surface area contributed by atoms with Gasteiger partial charge >= 0.3 is 0 Å². The Balaban J connectivity index is 1.46. The third-order valence-electron chi connectivity index (χ3n) is 5.31. The molecule has 5 rings (SSSR count). The molecule has 0 radical (unpaired) electrons. The summed E-state index contributed by atoms with van der Waals surface area (Å²) in [5.41, 5.74) is 1.88. The number of aromatic amines is 1. The molecule has 25 heavy (non-hydrogen) atoms. The molecule has 6 nitrogen and oxygen atoms in total. The zero-order valence-corrected chi connectivity index (χ0v) is 13.9. The van der Waals surface area contributed by atoms with Crippen molar-refractivity contribution in [3.63, 3.8) is 0 Å². The lowest BCUT2D eigenvalue weighted by Crippen LogP contribution is -2.26. The minimum atomic E-state index is -0.0592. The van der Waals surface area contributed by atoms with Gasteiger partial charge in [-0.3, -0.25) is 9.69 Å². The molecule has 1 saturated carbocycles. The van der Waals surface area contributed by atoms with E-state index in [1.54, 1.807) is 0 Å². The van der Waals surface area contributed by atoms with Crippen LogP contribution in [-0.4, -0.2) is 26.6 Å². The van der Waals surface area contributed by atoms with Crippen molar-refractivity contribution in [2.45, 2.75) is 44.2 Å². The van der Waals surface area contributed by atoms with Gasteiger partial charge in [-0.2, -0.15) is 0 Å². The molecule has 2 fully saturated rings. The number of aromatic nitrogens is 3. The second kappa shape index (κ2) is 5.81. The SMILES string of the molecule is O=c1[nH]c(C2CCCN2Cc2cnoc2C2CC2)nc2ccccc12. The number of benzene rings is 1. The van der Waals surface area contributed by atoms with Crippen molar-refractivity contribution in [3.05, 3.63) is 58.0 Å². The van der Waals surface area contributed by atoms with Crippen LogP contribution in [0, 0.1) is 0 Å². The molecule has 2 aliphatic rings. The van der Waals surface area contributed by atoms with Gasteiger partial charge in [-0.05, 0) is 44.4 Å². The van der Waals surface area contributed by atoms with Crippen LogP contribution in [0.1, 0.15) is 54.8 Å². The first-order valence-electron chi connectivity index (χ1n) is 8.96. The molecule has 0 bridgehead atoms. The standard InChI is InChI=1S/C19H20N4O2/c24-19-14-4-1-2-5-15(14)21-18(22-19)16-6-3-9-23(16)11-13-10-20-25-17(13)12-7-8-12/h1-2,4-5,10,12,16H,3,6-9,11H2,(H,21,22,24). The minimum absolute atomic E-state index is 0.0592. The summed E-state index contributed by atoms with van der Waals surface area (Å²) in [4.78, 5) is 22.5. The monoisotopic (exact) mass is 336 g/mol. The van der Waals surface area contributed by atoms with E-state index in [-0.39, 0.29) is 11.6 Å². The molecule has 1 aromatic carbocycles. The predicted octanol–water partition coefficient (Wildman–Crippen LogP) is 3.13. The summed E-state index contributed by atoms with van der Waals surface area (Å²) in [6.07, 6.45) is 6.35. The van der Waals surface area contributed by atoms with E-state index in [9.17, 15) is 4.79 Å². The van der Waals surface area contributed by atoms with Crippen LogP contribution in [0.4, 0.5) is 0 Å². The lowest BCUT2D eigenvalue weighted by Gasteiger charge is -2.23. The maximum atomic E-state index is 12.4. The van der Waals surface area contributed by atoms with Crippen LogP contribution < -0.4 is 5.56 Å². The summed E-state index contributed by atoms with van der Waals surface area (Å²) in [5.74, 6) is 2.37. The Morgan fingerprint density at radius 2 is 2.12 bits per heavy atom. The Hall–Kier alpha value is -2.47. The molecule has 3 aromatic rings. The Morgan fingerprint density at radius 1 is 1.24 bits per heavy atom. The van der Waals surface area contributed by atoms with Gasteiger partial charge in [0.15, 0.2) is 0 Å². The predicted molar refractivity (Wildman–Crippen MR) is 93.2 cm³/mol. The first-order valence-corrected chi connectivity index (χ1v) is 8.96. The van der Waals surface area contributed by atoms with Crippen LogP contribution in [0.25, 0.3) is 10.9 Å². The fourth-order valence-corrected chi connectivity index (χ4v) is 3.88. The van der Waals surface area contributed by atoms with Gasteiger partial charge in [-0.1, -0.05) is 17.3 Å². The highest BCUT2D eigenvalue weighted by Crippen LogP contribution is 2.42. The molecule has 128 valence electrons. The number of hydrogen-bond donors (Lipinski definition) is 1. The van der Waals surface area contributed by atoms with Crippen molar-refractivity contribution in [2.24, 2.45) is 0 Å². The Morgan fingerprint density at radius 3 is 3.00 bits per heavy atom. The first kappa shape index (κ1) is 14.8. The third kappa shape index (κ3) is 2.66. The Kier molecular flexibility index (Phi) is 3.45. The van der Waals surface area contributed by atoms with Crippen LogP contribution in [0.2, 0.25) is 0 Å². The Bertz CT molecular complexity index is 973.